The summed E-state index contributed by atoms with van der Waals surface area (Å²) in [5.41, 5.74) is 7.60. The summed E-state index contributed by atoms with van der Waals surface area (Å²) >= 11 is 0. The Balaban J connectivity index is 0.00000420. The average Bonchev–Trinajstić information content (AvgIpc) is 2.66. The molecule has 2 aromatic carbocycles. The van der Waals surface area contributed by atoms with Gasteiger partial charge in [-0.2, -0.15) is 0 Å². The molecule has 0 unspecified atom stereocenters. The molecule has 3 heteroatoms. The summed E-state index contributed by atoms with van der Waals surface area (Å²) in [4.78, 5) is 9.30. The SMILES string of the molecule is CCCc1cc(CCC)cc(N=CC=Nc2cc(CCC)cc(CCC)c2)c1.[Ni]. The Kier molecular flexibility index (Phi) is 12.5. The summed E-state index contributed by atoms with van der Waals surface area (Å²) in [6, 6.07) is 13.5. The molecule has 160 valence electrons. The van der Waals surface area contributed by atoms with Gasteiger partial charge in [0.2, 0.25) is 0 Å². The van der Waals surface area contributed by atoms with Crippen LogP contribution in [0.4, 0.5) is 11.4 Å². The van der Waals surface area contributed by atoms with Crippen LogP contribution in [0.1, 0.15) is 75.6 Å². The van der Waals surface area contributed by atoms with E-state index in [0.29, 0.717) is 0 Å². The van der Waals surface area contributed by atoms with E-state index in [9.17, 15) is 0 Å². The van der Waals surface area contributed by atoms with Gasteiger partial charge in [0.1, 0.15) is 0 Å². The molecule has 0 radical (unpaired) electrons. The molecular formula is C26H36N2Ni. The number of rotatable bonds is 11. The van der Waals surface area contributed by atoms with E-state index in [1.54, 1.807) is 0 Å². The van der Waals surface area contributed by atoms with Crippen molar-refractivity contribution in [1.82, 2.24) is 0 Å². The Labute approximate surface area is 187 Å². The first-order valence-corrected chi connectivity index (χ1v) is 11.0. The zero-order chi connectivity index (χ0) is 20.2. The summed E-state index contributed by atoms with van der Waals surface area (Å²) < 4.78 is 0. The maximum absolute atomic E-state index is 4.65. The van der Waals surface area contributed by atoms with Gasteiger partial charge in [-0.05, 0) is 72.2 Å². The molecule has 0 atom stereocenters. The summed E-state index contributed by atoms with van der Waals surface area (Å²) in [6.45, 7) is 8.90. The average molecular weight is 435 g/mol. The van der Waals surface area contributed by atoms with Crippen molar-refractivity contribution in [3.05, 3.63) is 58.7 Å². The number of hydrogen-bond acceptors (Lipinski definition) is 2. The van der Waals surface area contributed by atoms with Crippen molar-refractivity contribution in [1.29, 1.82) is 0 Å². The fourth-order valence-electron chi connectivity index (χ4n) is 3.61. The van der Waals surface area contributed by atoms with Crippen LogP contribution in [0.3, 0.4) is 0 Å². The van der Waals surface area contributed by atoms with E-state index >= 15 is 0 Å². The van der Waals surface area contributed by atoms with Gasteiger partial charge < -0.3 is 0 Å². The van der Waals surface area contributed by atoms with E-state index in [2.05, 4.69) is 74.1 Å². The first kappa shape index (κ1) is 25.3. The molecule has 0 amide bonds. The minimum absolute atomic E-state index is 0. The fourth-order valence-corrected chi connectivity index (χ4v) is 3.61. The summed E-state index contributed by atoms with van der Waals surface area (Å²) in [5, 5.41) is 0. The van der Waals surface area contributed by atoms with Crippen LogP contribution in [0.5, 0.6) is 0 Å². The molecule has 2 nitrogen and oxygen atoms in total. The molecule has 2 rings (SSSR count). The van der Waals surface area contributed by atoms with E-state index in [1.165, 1.54) is 22.3 Å². The van der Waals surface area contributed by atoms with Gasteiger partial charge in [0, 0.05) is 28.9 Å². The molecule has 0 spiro atoms. The predicted molar refractivity (Wildman–Crippen MR) is 125 cm³/mol. The molecule has 0 fully saturated rings. The third kappa shape index (κ3) is 9.09. The molecule has 29 heavy (non-hydrogen) atoms. The first-order chi connectivity index (χ1) is 13.7. The van der Waals surface area contributed by atoms with Gasteiger partial charge in [0.15, 0.2) is 0 Å². The van der Waals surface area contributed by atoms with Crippen molar-refractivity contribution in [3.8, 4) is 0 Å². The third-order valence-corrected chi connectivity index (χ3v) is 4.74. The molecule has 0 saturated carbocycles. The zero-order valence-corrected chi connectivity index (χ0v) is 19.5. The molecule has 2 aromatic rings. The predicted octanol–water partition coefficient (Wildman–Crippen LogP) is 7.60. The topological polar surface area (TPSA) is 24.7 Å². The minimum Gasteiger partial charge on any atom is -0.255 e. The monoisotopic (exact) mass is 434 g/mol. The maximum atomic E-state index is 4.65. The van der Waals surface area contributed by atoms with Crippen molar-refractivity contribution in [2.45, 2.75) is 79.1 Å². The van der Waals surface area contributed by atoms with E-state index in [4.69, 9.17) is 0 Å². The summed E-state index contributed by atoms with van der Waals surface area (Å²) in [6.07, 6.45) is 12.7. The smallest absolute Gasteiger partial charge is 0.0635 e. The van der Waals surface area contributed by atoms with E-state index in [0.717, 1.165) is 62.7 Å². The number of benzene rings is 2. The standard InChI is InChI=1S/C26H36N2.Ni/c1-5-9-21-15-22(10-6-2)18-25(17-21)27-13-14-28-26-19-23(11-7-3)16-24(20-26)12-8-4;/h13-20H,5-12H2,1-4H3;. The van der Waals surface area contributed by atoms with Gasteiger partial charge >= 0.3 is 0 Å². The quantitative estimate of drug-likeness (QED) is 0.257. The molecule has 0 bridgehead atoms. The van der Waals surface area contributed by atoms with E-state index in [-0.39, 0.29) is 16.5 Å². The Bertz CT molecular complexity index is 677. The Morgan fingerprint density at radius 1 is 0.517 bits per heavy atom. The molecule has 0 aliphatic rings. The maximum Gasteiger partial charge on any atom is 0.0635 e. The van der Waals surface area contributed by atoms with Crippen LogP contribution in [0.15, 0.2) is 46.4 Å². The van der Waals surface area contributed by atoms with Crippen LogP contribution >= 0.6 is 0 Å². The number of aryl methyl sites for hydroxylation is 4. The van der Waals surface area contributed by atoms with Gasteiger partial charge in [0.05, 0.1) is 11.4 Å². The van der Waals surface area contributed by atoms with Crippen molar-refractivity contribution < 1.29 is 16.5 Å². The van der Waals surface area contributed by atoms with Gasteiger partial charge in [0.25, 0.3) is 0 Å². The van der Waals surface area contributed by atoms with Crippen LogP contribution < -0.4 is 0 Å². The van der Waals surface area contributed by atoms with Crippen molar-refractivity contribution in [3.63, 3.8) is 0 Å². The van der Waals surface area contributed by atoms with Crippen LogP contribution in [0, 0.1) is 0 Å². The first-order valence-electron chi connectivity index (χ1n) is 11.0. The minimum atomic E-state index is 0. The van der Waals surface area contributed by atoms with Crippen molar-refractivity contribution in [2.75, 3.05) is 0 Å². The van der Waals surface area contributed by atoms with Gasteiger partial charge in [-0.15, -0.1) is 0 Å². The molecule has 0 aliphatic heterocycles. The number of aliphatic imine (C=N–C) groups is 2. The molecule has 0 aromatic heterocycles. The second kappa shape index (κ2) is 14.3. The Hall–Kier alpha value is -1.73. The molecule has 0 saturated heterocycles. The van der Waals surface area contributed by atoms with E-state index < -0.39 is 0 Å². The number of nitrogens with zero attached hydrogens (tertiary/aromatic N) is 2. The molecule has 0 N–H and O–H groups in total. The second-order valence-corrected chi connectivity index (χ2v) is 7.57. The molecule has 0 heterocycles. The third-order valence-electron chi connectivity index (χ3n) is 4.74. The van der Waals surface area contributed by atoms with Gasteiger partial charge in [-0.25, -0.2) is 0 Å². The van der Waals surface area contributed by atoms with Crippen molar-refractivity contribution in [2.24, 2.45) is 9.98 Å². The normalized spacial score (nSPS) is 11.3. The second-order valence-electron chi connectivity index (χ2n) is 7.57. The Morgan fingerprint density at radius 2 is 0.793 bits per heavy atom. The summed E-state index contributed by atoms with van der Waals surface area (Å²) in [5.74, 6) is 0. The number of hydrogen-bond donors (Lipinski definition) is 0. The summed E-state index contributed by atoms with van der Waals surface area (Å²) in [7, 11) is 0. The van der Waals surface area contributed by atoms with Gasteiger partial charge in [-0.1, -0.05) is 65.5 Å². The van der Waals surface area contributed by atoms with E-state index in [1.807, 2.05) is 12.4 Å². The molecule has 0 aliphatic carbocycles. The van der Waals surface area contributed by atoms with Gasteiger partial charge in [-0.3, -0.25) is 9.98 Å². The molecular weight excluding hydrogens is 399 g/mol. The Morgan fingerprint density at radius 3 is 1.03 bits per heavy atom. The largest absolute Gasteiger partial charge is 0.255 e. The zero-order valence-electron chi connectivity index (χ0n) is 18.5. The van der Waals surface area contributed by atoms with Crippen LogP contribution in [0.25, 0.3) is 0 Å². The fraction of sp³-hybridized carbons (Fsp3) is 0.462. The van der Waals surface area contributed by atoms with Crippen LogP contribution in [0.2, 0.25) is 0 Å². The van der Waals surface area contributed by atoms with Crippen molar-refractivity contribution >= 4 is 23.8 Å². The van der Waals surface area contributed by atoms with Crippen LogP contribution in [-0.2, 0) is 42.2 Å². The van der Waals surface area contributed by atoms with Crippen LogP contribution in [-0.4, -0.2) is 12.4 Å².